The lowest BCUT2D eigenvalue weighted by molar-refractivity contribution is 0.0789. The van der Waals surface area contributed by atoms with Gasteiger partial charge in [-0.3, -0.25) is 4.79 Å². The molecule has 8 heteroatoms. The fourth-order valence-electron chi connectivity index (χ4n) is 2.44. The van der Waals surface area contributed by atoms with Crippen molar-refractivity contribution in [1.29, 1.82) is 0 Å². The minimum Gasteiger partial charge on any atom is -0.336 e. The van der Waals surface area contributed by atoms with E-state index < -0.39 is 0 Å². The Hall–Kier alpha value is -1.83. The highest BCUT2D eigenvalue weighted by molar-refractivity contribution is 7.08. The highest BCUT2D eigenvalue weighted by Crippen LogP contribution is 2.23. The van der Waals surface area contributed by atoms with Gasteiger partial charge in [-0.05, 0) is 24.4 Å². The minimum absolute atomic E-state index is 0.0399. The van der Waals surface area contributed by atoms with E-state index in [4.69, 9.17) is 0 Å². The van der Waals surface area contributed by atoms with Gasteiger partial charge in [0.1, 0.15) is 4.88 Å². The van der Waals surface area contributed by atoms with Crippen molar-refractivity contribution in [2.24, 2.45) is 0 Å². The lowest BCUT2D eigenvalue weighted by atomic mass is 10.2. The molecule has 1 atom stereocenters. The fraction of sp³-hybridized carbons (Fsp3) is 0.583. The second kappa shape index (κ2) is 5.66. The Balaban J connectivity index is 1.71. The molecule has 0 unspecified atom stereocenters. The number of hydrogen-bond donors (Lipinski definition) is 0. The second-order valence-corrected chi connectivity index (χ2v) is 5.60. The summed E-state index contributed by atoms with van der Waals surface area (Å²) in [6, 6.07) is 0.171. The summed E-state index contributed by atoms with van der Waals surface area (Å²) in [6.07, 6.45) is 5.98. The van der Waals surface area contributed by atoms with Crippen LogP contribution < -0.4 is 0 Å². The number of likely N-dealkylation sites (tertiary alicyclic amines) is 1. The minimum atomic E-state index is 0.0399. The molecule has 106 valence electrons. The molecule has 0 saturated carbocycles. The quantitative estimate of drug-likeness (QED) is 0.845. The average Bonchev–Trinajstić information content (AvgIpc) is 3.19. The van der Waals surface area contributed by atoms with Gasteiger partial charge in [0.05, 0.1) is 24.1 Å². The summed E-state index contributed by atoms with van der Waals surface area (Å²) >= 11 is 1.19. The number of amides is 1. The monoisotopic (exact) mass is 292 g/mol. The number of carbonyl (C=O) groups is 1. The predicted octanol–water partition coefficient (Wildman–Crippen LogP) is 1.17. The van der Waals surface area contributed by atoms with Gasteiger partial charge in [0.15, 0.2) is 0 Å². The first kappa shape index (κ1) is 13.2. The standard InChI is InChI=1S/C12H16N6OS/c1-2-3-10-11(20-16-15-10)12(19)17-7-4-9(8-17)18-13-5-6-14-18/h5-6,9H,2-4,7-8H2,1H3/t9-/m0/s1. The molecule has 1 aliphatic rings. The molecule has 20 heavy (non-hydrogen) atoms. The van der Waals surface area contributed by atoms with Crippen molar-refractivity contribution in [1.82, 2.24) is 29.5 Å². The van der Waals surface area contributed by atoms with E-state index in [0.29, 0.717) is 11.4 Å². The molecule has 0 radical (unpaired) electrons. The van der Waals surface area contributed by atoms with Crippen molar-refractivity contribution in [3.63, 3.8) is 0 Å². The van der Waals surface area contributed by atoms with E-state index in [2.05, 4.69) is 26.7 Å². The molecule has 3 rings (SSSR count). The van der Waals surface area contributed by atoms with Crippen LogP contribution in [-0.2, 0) is 6.42 Å². The van der Waals surface area contributed by atoms with E-state index in [9.17, 15) is 4.79 Å². The van der Waals surface area contributed by atoms with E-state index >= 15 is 0 Å². The van der Waals surface area contributed by atoms with Crippen molar-refractivity contribution < 1.29 is 4.79 Å². The molecule has 0 spiro atoms. The molecule has 0 bridgehead atoms. The zero-order chi connectivity index (χ0) is 13.9. The van der Waals surface area contributed by atoms with E-state index in [1.54, 1.807) is 17.2 Å². The normalized spacial score (nSPS) is 18.6. The van der Waals surface area contributed by atoms with Gasteiger partial charge in [-0.25, -0.2) is 0 Å². The summed E-state index contributed by atoms with van der Waals surface area (Å²) < 4.78 is 3.92. The maximum atomic E-state index is 12.5. The second-order valence-electron chi connectivity index (χ2n) is 4.84. The molecule has 1 amide bonds. The van der Waals surface area contributed by atoms with Gasteiger partial charge >= 0.3 is 0 Å². The van der Waals surface area contributed by atoms with Crippen LogP contribution in [0.2, 0.25) is 0 Å². The average molecular weight is 292 g/mol. The van der Waals surface area contributed by atoms with Crippen LogP contribution in [0.1, 0.15) is 41.2 Å². The molecular weight excluding hydrogens is 276 g/mol. The van der Waals surface area contributed by atoms with Gasteiger partial charge in [0.2, 0.25) is 0 Å². The third kappa shape index (κ3) is 2.43. The van der Waals surface area contributed by atoms with Crippen LogP contribution in [0.4, 0.5) is 0 Å². The van der Waals surface area contributed by atoms with E-state index in [1.807, 2.05) is 4.90 Å². The summed E-state index contributed by atoms with van der Waals surface area (Å²) in [5, 5.41) is 12.4. The zero-order valence-electron chi connectivity index (χ0n) is 11.3. The van der Waals surface area contributed by atoms with Crippen molar-refractivity contribution >= 4 is 17.4 Å². The maximum Gasteiger partial charge on any atom is 0.267 e. The molecule has 1 aliphatic heterocycles. The molecule has 0 aromatic carbocycles. The van der Waals surface area contributed by atoms with Crippen molar-refractivity contribution in [2.75, 3.05) is 13.1 Å². The lowest BCUT2D eigenvalue weighted by Gasteiger charge is -2.15. The molecule has 0 N–H and O–H groups in total. The number of nitrogens with zero attached hydrogens (tertiary/aromatic N) is 6. The van der Waals surface area contributed by atoms with Crippen molar-refractivity contribution in [2.45, 2.75) is 32.2 Å². The number of carbonyl (C=O) groups excluding carboxylic acids is 1. The molecule has 7 nitrogen and oxygen atoms in total. The van der Waals surface area contributed by atoms with Crippen LogP contribution in [0.5, 0.6) is 0 Å². The van der Waals surface area contributed by atoms with Crippen LogP contribution in [0, 0.1) is 0 Å². The van der Waals surface area contributed by atoms with Gasteiger partial charge in [0.25, 0.3) is 5.91 Å². The Morgan fingerprint density at radius 1 is 1.45 bits per heavy atom. The number of rotatable bonds is 4. The van der Waals surface area contributed by atoms with Gasteiger partial charge < -0.3 is 4.90 Å². The summed E-state index contributed by atoms with van der Waals surface area (Å²) in [4.78, 5) is 16.7. The van der Waals surface area contributed by atoms with Crippen LogP contribution in [0.3, 0.4) is 0 Å². The number of aromatic nitrogens is 5. The lowest BCUT2D eigenvalue weighted by Crippen LogP contribution is -2.29. The summed E-state index contributed by atoms with van der Waals surface area (Å²) in [5.41, 5.74) is 0.822. The van der Waals surface area contributed by atoms with E-state index in [-0.39, 0.29) is 11.9 Å². The Morgan fingerprint density at radius 2 is 2.25 bits per heavy atom. The fourth-order valence-corrected chi connectivity index (χ4v) is 3.12. The molecule has 1 fully saturated rings. The highest BCUT2D eigenvalue weighted by atomic mass is 32.1. The van der Waals surface area contributed by atoms with Crippen LogP contribution in [0.25, 0.3) is 0 Å². The molecule has 1 saturated heterocycles. The van der Waals surface area contributed by atoms with E-state index in [1.165, 1.54) is 11.5 Å². The number of hydrogen-bond acceptors (Lipinski definition) is 6. The molecule has 2 aromatic rings. The first-order chi connectivity index (χ1) is 9.79. The van der Waals surface area contributed by atoms with Crippen molar-refractivity contribution in [3.05, 3.63) is 23.0 Å². The van der Waals surface area contributed by atoms with Crippen LogP contribution >= 0.6 is 11.5 Å². The van der Waals surface area contributed by atoms with Gasteiger partial charge in [-0.1, -0.05) is 17.8 Å². The highest BCUT2D eigenvalue weighted by Gasteiger charge is 2.31. The number of aryl methyl sites for hydroxylation is 1. The summed E-state index contributed by atoms with van der Waals surface area (Å²) in [7, 11) is 0. The third-order valence-corrected chi connectivity index (χ3v) is 4.21. The van der Waals surface area contributed by atoms with Crippen LogP contribution in [-0.4, -0.2) is 48.5 Å². The predicted molar refractivity (Wildman–Crippen MR) is 73.5 cm³/mol. The van der Waals surface area contributed by atoms with Gasteiger partial charge in [0, 0.05) is 13.1 Å². The SMILES string of the molecule is CCCc1nnsc1C(=O)N1CC[C@H](n2nccn2)C1. The summed E-state index contributed by atoms with van der Waals surface area (Å²) in [6.45, 7) is 3.45. The molecule has 3 heterocycles. The molecule has 2 aromatic heterocycles. The van der Waals surface area contributed by atoms with E-state index in [0.717, 1.165) is 31.5 Å². The third-order valence-electron chi connectivity index (χ3n) is 3.45. The first-order valence-corrected chi connectivity index (χ1v) is 7.53. The Labute approximate surface area is 120 Å². The van der Waals surface area contributed by atoms with Crippen molar-refractivity contribution in [3.8, 4) is 0 Å². The van der Waals surface area contributed by atoms with Gasteiger partial charge in [-0.15, -0.1) is 5.10 Å². The Bertz CT molecular complexity index is 581. The topological polar surface area (TPSA) is 76.8 Å². The molecular formula is C12H16N6OS. The largest absolute Gasteiger partial charge is 0.336 e. The summed E-state index contributed by atoms with van der Waals surface area (Å²) in [5.74, 6) is 0.0399. The first-order valence-electron chi connectivity index (χ1n) is 6.76. The Morgan fingerprint density at radius 3 is 3.00 bits per heavy atom. The molecule has 0 aliphatic carbocycles. The Kier molecular flexibility index (Phi) is 3.72. The zero-order valence-corrected chi connectivity index (χ0v) is 12.1. The maximum absolute atomic E-state index is 12.5. The van der Waals surface area contributed by atoms with Crippen LogP contribution in [0.15, 0.2) is 12.4 Å². The smallest absolute Gasteiger partial charge is 0.267 e. The van der Waals surface area contributed by atoms with Gasteiger partial charge in [-0.2, -0.15) is 15.0 Å².